The molecule has 104 valence electrons. The van der Waals surface area contributed by atoms with Gasteiger partial charge in [0.1, 0.15) is 17.4 Å². The van der Waals surface area contributed by atoms with Crippen LogP contribution in [0.3, 0.4) is 0 Å². The molecule has 0 bridgehead atoms. The Morgan fingerprint density at radius 1 is 1.21 bits per heavy atom. The maximum absolute atomic E-state index is 11.6. The van der Waals surface area contributed by atoms with Crippen LogP contribution in [-0.2, 0) is 4.79 Å². The first kappa shape index (κ1) is 13.6. The van der Waals surface area contributed by atoms with E-state index in [-0.39, 0.29) is 11.6 Å². The highest BCUT2D eigenvalue weighted by Crippen LogP contribution is 2.25. The Kier molecular flexibility index (Phi) is 3.59. The Morgan fingerprint density at radius 3 is 2.26 bits per heavy atom. The van der Waals surface area contributed by atoms with E-state index in [4.69, 9.17) is 5.11 Å². The molecule has 1 fully saturated rings. The minimum atomic E-state index is -1.02. The van der Waals surface area contributed by atoms with Gasteiger partial charge in [-0.15, -0.1) is 0 Å². The third-order valence-corrected chi connectivity index (χ3v) is 3.54. The van der Waals surface area contributed by atoms with E-state index < -0.39 is 22.9 Å². The number of nitrogens with one attached hydrogen (secondary N) is 1. The van der Waals surface area contributed by atoms with Gasteiger partial charge in [0.25, 0.3) is 10.9 Å². The van der Waals surface area contributed by atoms with Crippen molar-refractivity contribution < 1.29 is 9.90 Å². The second kappa shape index (κ2) is 5.03. The number of hydrogen-bond donors (Lipinski definition) is 2. The zero-order valence-corrected chi connectivity index (χ0v) is 11.1. The number of rotatable bonds is 5. The molecular weight excluding hydrogens is 248 g/mol. The summed E-state index contributed by atoms with van der Waals surface area (Å²) in [5.74, 6) is -1.19. The van der Waals surface area contributed by atoms with E-state index in [1.54, 1.807) is 13.8 Å². The lowest BCUT2D eigenvalue weighted by atomic mass is 10.0. The molecule has 1 aliphatic rings. The van der Waals surface area contributed by atoms with Crippen LogP contribution in [0.25, 0.3) is 0 Å². The average molecular weight is 266 g/mol. The van der Waals surface area contributed by atoms with E-state index >= 15 is 0 Å². The van der Waals surface area contributed by atoms with Gasteiger partial charge in [-0.05, 0) is 18.8 Å². The molecule has 0 radical (unpaired) electrons. The van der Waals surface area contributed by atoms with E-state index in [0.717, 1.165) is 25.9 Å². The maximum atomic E-state index is 11.6. The van der Waals surface area contributed by atoms with Crippen LogP contribution in [0, 0.1) is 5.92 Å². The number of anilines is 2. The van der Waals surface area contributed by atoms with E-state index in [1.165, 1.54) is 0 Å². The normalized spacial score (nSPS) is 17.1. The largest absolute Gasteiger partial charge is 0.480 e. The van der Waals surface area contributed by atoms with Gasteiger partial charge in [0, 0.05) is 13.1 Å². The topological polar surface area (TPSA) is 86.7 Å². The first-order chi connectivity index (χ1) is 8.93. The SMILES string of the molecule is CC(C)C(Nc1c(N2CCCC2)c(=O)c1=O)C(=O)O. The Hall–Kier alpha value is -1.85. The summed E-state index contributed by atoms with van der Waals surface area (Å²) in [6.45, 7) is 5.01. The monoisotopic (exact) mass is 266 g/mol. The first-order valence-corrected chi connectivity index (χ1v) is 6.51. The summed E-state index contributed by atoms with van der Waals surface area (Å²) in [7, 11) is 0. The summed E-state index contributed by atoms with van der Waals surface area (Å²) in [5.41, 5.74) is -0.562. The fourth-order valence-corrected chi connectivity index (χ4v) is 2.43. The Morgan fingerprint density at radius 2 is 1.79 bits per heavy atom. The van der Waals surface area contributed by atoms with Gasteiger partial charge >= 0.3 is 5.97 Å². The van der Waals surface area contributed by atoms with Crippen LogP contribution >= 0.6 is 0 Å². The quantitative estimate of drug-likeness (QED) is 0.750. The molecule has 1 atom stereocenters. The highest BCUT2D eigenvalue weighted by molar-refractivity contribution is 5.83. The second-order valence-electron chi connectivity index (χ2n) is 5.28. The lowest BCUT2D eigenvalue weighted by Gasteiger charge is -2.26. The molecule has 2 N–H and O–H groups in total. The zero-order valence-electron chi connectivity index (χ0n) is 11.1. The summed E-state index contributed by atoms with van der Waals surface area (Å²) < 4.78 is 0. The van der Waals surface area contributed by atoms with Crippen LogP contribution in [0.1, 0.15) is 26.7 Å². The van der Waals surface area contributed by atoms with Crippen LogP contribution in [0.4, 0.5) is 11.4 Å². The molecule has 1 aromatic carbocycles. The van der Waals surface area contributed by atoms with Crippen molar-refractivity contribution in [3.05, 3.63) is 20.4 Å². The third kappa shape index (κ3) is 2.34. The number of carboxylic acid groups (broad SMARTS) is 1. The number of hydrogen-bond acceptors (Lipinski definition) is 5. The smallest absolute Gasteiger partial charge is 0.326 e. The van der Waals surface area contributed by atoms with Crippen LogP contribution in [0.15, 0.2) is 9.59 Å². The fraction of sp³-hybridized carbons (Fsp3) is 0.615. The number of carboxylic acids is 1. The van der Waals surface area contributed by atoms with E-state index in [2.05, 4.69) is 5.32 Å². The van der Waals surface area contributed by atoms with Gasteiger partial charge < -0.3 is 15.3 Å². The van der Waals surface area contributed by atoms with Crippen LogP contribution in [0.5, 0.6) is 0 Å². The van der Waals surface area contributed by atoms with Crippen LogP contribution in [-0.4, -0.2) is 30.2 Å². The van der Waals surface area contributed by atoms with Crippen LogP contribution in [0.2, 0.25) is 0 Å². The number of aliphatic carboxylic acids is 1. The highest BCUT2D eigenvalue weighted by Gasteiger charge is 2.31. The van der Waals surface area contributed by atoms with E-state index in [0.29, 0.717) is 5.69 Å². The predicted octanol–water partition coefficient (Wildman–Crippen LogP) is 0.404. The Bertz CT molecular complexity index is 551. The molecule has 6 nitrogen and oxygen atoms in total. The van der Waals surface area contributed by atoms with Crippen molar-refractivity contribution in [2.24, 2.45) is 5.92 Å². The van der Waals surface area contributed by atoms with Gasteiger partial charge in [-0.25, -0.2) is 4.79 Å². The minimum absolute atomic E-state index is 0.173. The van der Waals surface area contributed by atoms with Crippen molar-refractivity contribution in [1.29, 1.82) is 0 Å². The summed E-state index contributed by atoms with van der Waals surface area (Å²) in [6, 6.07) is -0.857. The molecule has 19 heavy (non-hydrogen) atoms. The van der Waals surface area contributed by atoms with E-state index in [9.17, 15) is 14.4 Å². The lowest BCUT2D eigenvalue weighted by molar-refractivity contribution is -0.138. The van der Waals surface area contributed by atoms with Crippen molar-refractivity contribution in [2.75, 3.05) is 23.3 Å². The van der Waals surface area contributed by atoms with Gasteiger partial charge in [-0.3, -0.25) is 9.59 Å². The first-order valence-electron chi connectivity index (χ1n) is 6.51. The van der Waals surface area contributed by atoms with E-state index in [1.807, 2.05) is 4.90 Å². The molecule has 1 aliphatic heterocycles. The second-order valence-corrected chi connectivity index (χ2v) is 5.28. The molecule has 0 amide bonds. The highest BCUT2D eigenvalue weighted by atomic mass is 16.4. The molecule has 6 heteroatoms. The standard InChI is InChI=1S/C13H18N2O4/c1-7(2)8(13(18)19)14-9-10(12(17)11(9)16)15-5-3-4-6-15/h7-8,14H,3-6H2,1-2H3,(H,18,19). The Labute approximate surface area is 110 Å². The van der Waals surface area contributed by atoms with Gasteiger partial charge in [-0.1, -0.05) is 13.8 Å². The van der Waals surface area contributed by atoms with Crippen molar-refractivity contribution in [2.45, 2.75) is 32.7 Å². The predicted molar refractivity (Wildman–Crippen MR) is 72.7 cm³/mol. The van der Waals surface area contributed by atoms with Crippen molar-refractivity contribution in [3.63, 3.8) is 0 Å². The Balaban J connectivity index is 2.25. The molecule has 0 saturated carbocycles. The molecule has 1 saturated heterocycles. The summed E-state index contributed by atoms with van der Waals surface area (Å²) >= 11 is 0. The number of carbonyl (C=O) groups is 1. The minimum Gasteiger partial charge on any atom is -0.480 e. The lowest BCUT2D eigenvalue weighted by Crippen LogP contribution is -2.45. The van der Waals surface area contributed by atoms with Crippen LogP contribution < -0.4 is 21.1 Å². The third-order valence-electron chi connectivity index (χ3n) is 3.54. The summed E-state index contributed by atoms with van der Waals surface area (Å²) in [4.78, 5) is 36.3. The van der Waals surface area contributed by atoms with Gasteiger partial charge in [-0.2, -0.15) is 0 Å². The molecule has 0 aromatic heterocycles. The maximum Gasteiger partial charge on any atom is 0.326 e. The molecule has 2 rings (SSSR count). The average Bonchev–Trinajstić information content (AvgIpc) is 2.85. The fourth-order valence-electron chi connectivity index (χ4n) is 2.43. The molecule has 1 unspecified atom stereocenters. The van der Waals surface area contributed by atoms with Gasteiger partial charge in [0.15, 0.2) is 0 Å². The van der Waals surface area contributed by atoms with Crippen molar-refractivity contribution >= 4 is 17.3 Å². The molecule has 1 aromatic rings. The number of nitrogens with zero attached hydrogens (tertiary/aromatic N) is 1. The zero-order chi connectivity index (χ0) is 14.2. The summed E-state index contributed by atoms with van der Waals surface area (Å²) in [5, 5.41) is 11.8. The van der Waals surface area contributed by atoms with Crippen molar-refractivity contribution in [3.8, 4) is 0 Å². The molecule has 0 aliphatic carbocycles. The van der Waals surface area contributed by atoms with Gasteiger partial charge in [0.05, 0.1) is 0 Å². The van der Waals surface area contributed by atoms with Gasteiger partial charge in [0.2, 0.25) is 0 Å². The van der Waals surface area contributed by atoms with Crippen molar-refractivity contribution in [1.82, 2.24) is 0 Å². The molecule has 1 heterocycles. The summed E-state index contributed by atoms with van der Waals surface area (Å²) in [6.07, 6.45) is 1.98. The molecule has 0 spiro atoms. The molecular formula is C13H18N2O4.